The lowest BCUT2D eigenvalue weighted by atomic mass is 9.88. The molecule has 0 aromatic carbocycles. The number of hydrogen-bond acceptors (Lipinski definition) is 6. The number of aromatic nitrogens is 4. The number of hydrogen-bond donors (Lipinski definition) is 3. The van der Waals surface area contributed by atoms with E-state index in [9.17, 15) is 9.59 Å². The van der Waals surface area contributed by atoms with Crippen LogP contribution in [0.3, 0.4) is 0 Å². The lowest BCUT2D eigenvalue weighted by molar-refractivity contribution is 0.0779. The zero-order chi connectivity index (χ0) is 26.2. The fourth-order valence-electron chi connectivity index (χ4n) is 5.01. The van der Waals surface area contributed by atoms with Gasteiger partial charge in [0.15, 0.2) is 11.6 Å². The molecule has 0 saturated heterocycles. The molecule has 0 radical (unpaired) electrons. The van der Waals surface area contributed by atoms with Gasteiger partial charge in [0.25, 0.3) is 11.8 Å². The van der Waals surface area contributed by atoms with E-state index in [1.165, 1.54) is 6.20 Å². The van der Waals surface area contributed by atoms with Crippen molar-refractivity contribution < 1.29 is 18.1 Å². The van der Waals surface area contributed by atoms with E-state index in [-0.39, 0.29) is 58.7 Å². The van der Waals surface area contributed by atoms with Crippen LogP contribution in [0.2, 0.25) is 5.28 Å². The van der Waals surface area contributed by atoms with Gasteiger partial charge in [-0.05, 0) is 42.5 Å². The summed E-state index contributed by atoms with van der Waals surface area (Å²) in [4.78, 5) is 42.1. The third kappa shape index (κ3) is 3.08. The minimum atomic E-state index is -2.66. The molecule has 0 unspecified atom stereocenters. The molecule has 0 fully saturated rings. The van der Waals surface area contributed by atoms with Crippen LogP contribution in [0.5, 0.6) is 0 Å². The quantitative estimate of drug-likeness (QED) is 0.482. The number of carbonyl (C=O) groups is 2. The largest absolute Gasteiger partial charge is 0.357 e. The number of carbonyl (C=O) groups excluding carboxylic acids is 2. The third-order valence-electron chi connectivity index (χ3n) is 6.51. The van der Waals surface area contributed by atoms with Crippen LogP contribution < -0.4 is 10.6 Å². The molecule has 6 rings (SSSR count). The summed E-state index contributed by atoms with van der Waals surface area (Å²) in [6, 6.07) is -0.0419. The van der Waals surface area contributed by atoms with Crippen LogP contribution in [-0.4, -0.2) is 56.2 Å². The first kappa shape index (κ1) is 17.9. The maximum absolute atomic E-state index is 16.0. The smallest absolute Gasteiger partial charge is 0.259 e. The van der Waals surface area contributed by atoms with Crippen molar-refractivity contribution in [1.82, 2.24) is 30.2 Å². The zero-order valence-corrected chi connectivity index (χ0v) is 18.8. The van der Waals surface area contributed by atoms with Gasteiger partial charge in [-0.2, -0.15) is 4.98 Å². The van der Waals surface area contributed by atoms with Crippen molar-refractivity contribution in [2.24, 2.45) is 0 Å². The Labute approximate surface area is 203 Å². The summed E-state index contributed by atoms with van der Waals surface area (Å²) in [7, 11) is 0. The summed E-state index contributed by atoms with van der Waals surface area (Å²) in [6.45, 7) is -0.815. The summed E-state index contributed by atoms with van der Waals surface area (Å²) in [5, 5.41) is 5.51. The minimum absolute atomic E-state index is 0.0419. The van der Waals surface area contributed by atoms with Gasteiger partial charge in [0.1, 0.15) is 11.4 Å². The van der Waals surface area contributed by atoms with Crippen molar-refractivity contribution in [3.05, 3.63) is 50.9 Å². The molecule has 9 nitrogen and oxygen atoms in total. The molecule has 3 aliphatic rings. The summed E-state index contributed by atoms with van der Waals surface area (Å²) in [5.41, 5.74) is 3.77. The van der Waals surface area contributed by atoms with Crippen molar-refractivity contribution in [1.29, 1.82) is 0 Å². The monoisotopic (exact) mass is 484 g/mol. The van der Waals surface area contributed by atoms with E-state index in [0.29, 0.717) is 36.1 Å². The van der Waals surface area contributed by atoms with Crippen molar-refractivity contribution in [3.8, 4) is 11.3 Å². The first-order valence-corrected chi connectivity index (χ1v) is 11.3. The maximum Gasteiger partial charge on any atom is 0.259 e. The molecular weight excluding hydrogens is 461 g/mol. The van der Waals surface area contributed by atoms with Crippen LogP contribution in [0, 0.1) is 5.82 Å². The fourth-order valence-corrected chi connectivity index (χ4v) is 5.20. The van der Waals surface area contributed by atoms with Gasteiger partial charge < -0.3 is 20.5 Å². The van der Waals surface area contributed by atoms with E-state index in [4.69, 9.17) is 15.7 Å². The SMILES string of the molecule is [2H]C([2H])([2H])N1CCc2nc(Cl)nc(Nc3ncc4c(c3F)-c3[nH]c5c(c3CC4)C(=O)N[C@H](C)C5)c2C1=O. The number of halogens is 2. The predicted octanol–water partition coefficient (Wildman–Crippen LogP) is 2.80. The number of nitrogens with zero attached hydrogens (tertiary/aromatic N) is 4. The molecule has 2 aliphatic heterocycles. The number of H-pyrrole nitrogens is 1. The van der Waals surface area contributed by atoms with Crippen LogP contribution in [0.1, 0.15) is 54.3 Å². The van der Waals surface area contributed by atoms with E-state index in [1.54, 1.807) is 0 Å². The Kier molecular flexibility index (Phi) is 3.94. The van der Waals surface area contributed by atoms with E-state index in [2.05, 4.69) is 30.6 Å². The maximum atomic E-state index is 16.0. The Morgan fingerprint density at radius 2 is 2.06 bits per heavy atom. The number of rotatable bonds is 2. The molecule has 11 heteroatoms. The average molecular weight is 485 g/mol. The number of amides is 2. The van der Waals surface area contributed by atoms with Gasteiger partial charge >= 0.3 is 0 Å². The highest BCUT2D eigenvalue weighted by atomic mass is 35.5. The summed E-state index contributed by atoms with van der Waals surface area (Å²) in [6.07, 6.45) is 3.36. The van der Waals surface area contributed by atoms with Gasteiger partial charge in [0.05, 0.1) is 17.0 Å². The minimum Gasteiger partial charge on any atom is -0.357 e. The second-order valence-corrected chi connectivity index (χ2v) is 9.06. The average Bonchev–Trinajstić information content (AvgIpc) is 3.18. The molecule has 3 aromatic heterocycles. The van der Waals surface area contributed by atoms with Crippen molar-refractivity contribution >= 4 is 35.1 Å². The number of pyridine rings is 1. The number of anilines is 2. The first-order valence-electron chi connectivity index (χ1n) is 12.4. The van der Waals surface area contributed by atoms with Gasteiger partial charge in [-0.15, -0.1) is 0 Å². The fraction of sp³-hybridized carbons (Fsp3) is 0.348. The summed E-state index contributed by atoms with van der Waals surface area (Å²) in [5.74, 6) is -2.02. The second kappa shape index (κ2) is 7.49. The standard InChI is InChI=1S/C23H21ClFN7O2/c1-9-7-13-15(21(33)27-9)11-4-3-10-8-26-20(17(25)14(10)18(11)28-13)30-19-16-12(29-23(24)31-19)5-6-32(2)22(16)34/h8-9,28H,3-7H2,1-2H3,(H,27,33)(H,26,29,30,31)/t9-/m1/s1/i2D3. The highest BCUT2D eigenvalue weighted by Gasteiger charge is 2.34. The van der Waals surface area contributed by atoms with Gasteiger partial charge in [-0.25, -0.2) is 14.4 Å². The molecule has 2 amide bonds. The van der Waals surface area contributed by atoms with Gasteiger partial charge in [-0.1, -0.05) is 0 Å². The number of likely N-dealkylation sites (N-methyl/N-ethyl adjacent to an activating group) is 1. The van der Waals surface area contributed by atoms with Crippen LogP contribution in [-0.2, 0) is 25.7 Å². The molecule has 1 aliphatic carbocycles. The summed E-state index contributed by atoms with van der Waals surface area (Å²) >= 11 is 6.07. The number of aryl methyl sites for hydroxylation is 1. The highest BCUT2D eigenvalue weighted by Crippen LogP contribution is 2.41. The lowest BCUT2D eigenvalue weighted by Crippen LogP contribution is -2.39. The van der Waals surface area contributed by atoms with Crippen LogP contribution in [0.4, 0.5) is 16.0 Å². The molecule has 3 aromatic rings. The molecule has 0 bridgehead atoms. The third-order valence-corrected chi connectivity index (χ3v) is 6.68. The normalized spacial score (nSPS) is 20.3. The molecule has 0 saturated carbocycles. The molecule has 5 heterocycles. The van der Waals surface area contributed by atoms with Crippen LogP contribution in [0.25, 0.3) is 11.3 Å². The van der Waals surface area contributed by atoms with Crippen molar-refractivity contribution in [2.75, 3.05) is 18.8 Å². The predicted molar refractivity (Wildman–Crippen MR) is 123 cm³/mol. The highest BCUT2D eigenvalue weighted by molar-refractivity contribution is 6.28. The van der Waals surface area contributed by atoms with Crippen LogP contribution >= 0.6 is 11.6 Å². The topological polar surface area (TPSA) is 116 Å². The molecule has 1 atom stereocenters. The number of aromatic amines is 1. The van der Waals surface area contributed by atoms with E-state index in [1.807, 2.05) is 6.92 Å². The van der Waals surface area contributed by atoms with Crippen molar-refractivity contribution in [3.63, 3.8) is 0 Å². The molecule has 0 spiro atoms. The first-order chi connectivity index (χ1) is 17.5. The Morgan fingerprint density at radius 3 is 2.88 bits per heavy atom. The Bertz CT molecular complexity index is 1510. The zero-order valence-electron chi connectivity index (χ0n) is 21.1. The van der Waals surface area contributed by atoms with Crippen LogP contribution in [0.15, 0.2) is 6.20 Å². The van der Waals surface area contributed by atoms with Gasteiger partial charge in [-0.3, -0.25) is 9.59 Å². The second-order valence-electron chi connectivity index (χ2n) is 8.73. The van der Waals surface area contributed by atoms with Crippen molar-refractivity contribution in [2.45, 2.75) is 38.6 Å². The van der Waals surface area contributed by atoms with Gasteiger partial charge in [0, 0.05) is 54.0 Å². The molecule has 174 valence electrons. The molecule has 3 N–H and O–H groups in total. The Morgan fingerprint density at radius 1 is 1.21 bits per heavy atom. The van der Waals surface area contributed by atoms with E-state index >= 15 is 4.39 Å². The Hall–Kier alpha value is -3.53. The Balaban J connectivity index is 1.44. The van der Waals surface area contributed by atoms with E-state index in [0.717, 1.165) is 16.2 Å². The number of nitrogens with one attached hydrogen (secondary N) is 3. The lowest BCUT2D eigenvalue weighted by Gasteiger charge is -2.26. The number of fused-ring (bicyclic) bond motifs is 6. The molecular formula is C23H21ClFN7O2. The molecule has 34 heavy (non-hydrogen) atoms. The summed E-state index contributed by atoms with van der Waals surface area (Å²) < 4.78 is 39.1. The van der Waals surface area contributed by atoms with Gasteiger partial charge in [0.2, 0.25) is 5.28 Å². The van der Waals surface area contributed by atoms with E-state index < -0.39 is 18.7 Å².